The molecule has 0 bridgehead atoms. The quantitative estimate of drug-likeness (QED) is 0.728. The number of amides is 3. The summed E-state index contributed by atoms with van der Waals surface area (Å²) in [6.07, 6.45) is 1.52. The molecule has 6 nitrogen and oxygen atoms in total. The van der Waals surface area contributed by atoms with Gasteiger partial charge in [0.1, 0.15) is 0 Å². The molecule has 0 spiro atoms. The monoisotopic (exact) mass is 354 g/mol. The van der Waals surface area contributed by atoms with Crippen LogP contribution in [0.15, 0.2) is 0 Å². The van der Waals surface area contributed by atoms with Crippen LogP contribution in [0.1, 0.15) is 54.4 Å². The van der Waals surface area contributed by atoms with E-state index in [1.54, 1.807) is 0 Å². The van der Waals surface area contributed by atoms with Crippen LogP contribution in [0.4, 0.5) is 4.79 Å². The van der Waals surface area contributed by atoms with Crippen molar-refractivity contribution in [3.8, 4) is 0 Å². The minimum absolute atomic E-state index is 0.0345. The van der Waals surface area contributed by atoms with Crippen LogP contribution in [0.3, 0.4) is 0 Å². The van der Waals surface area contributed by atoms with Gasteiger partial charge in [-0.25, -0.2) is 4.79 Å². The highest BCUT2D eigenvalue weighted by molar-refractivity contribution is 5.79. The highest BCUT2D eigenvalue weighted by Gasteiger charge is 2.28. The highest BCUT2D eigenvalue weighted by Crippen LogP contribution is 2.18. The number of urea groups is 1. The molecule has 3 amide bonds. The molecular formula is C19H38N4O2. The van der Waals surface area contributed by atoms with Crippen LogP contribution >= 0.6 is 0 Å². The van der Waals surface area contributed by atoms with E-state index in [0.29, 0.717) is 31.7 Å². The molecule has 1 aliphatic rings. The lowest BCUT2D eigenvalue weighted by molar-refractivity contribution is -0.126. The molecule has 1 aliphatic heterocycles. The number of hydrogen-bond donors (Lipinski definition) is 1. The number of carbonyl (C=O) groups excluding carboxylic acids is 2. The first kappa shape index (κ1) is 21.7. The van der Waals surface area contributed by atoms with Crippen molar-refractivity contribution >= 4 is 11.9 Å². The van der Waals surface area contributed by atoms with Crippen LogP contribution in [-0.4, -0.2) is 78.0 Å². The van der Waals surface area contributed by atoms with Crippen LogP contribution in [0.25, 0.3) is 0 Å². The molecule has 0 aliphatic carbocycles. The van der Waals surface area contributed by atoms with Crippen molar-refractivity contribution in [1.29, 1.82) is 0 Å². The molecule has 0 saturated carbocycles. The fourth-order valence-corrected chi connectivity index (χ4v) is 3.59. The second kappa shape index (κ2) is 10.6. The first-order valence-electron chi connectivity index (χ1n) is 9.89. The van der Waals surface area contributed by atoms with Crippen molar-refractivity contribution < 1.29 is 9.59 Å². The zero-order valence-electron chi connectivity index (χ0n) is 17.0. The summed E-state index contributed by atoms with van der Waals surface area (Å²) in [6, 6.07) is 1.06. The average Bonchev–Trinajstić information content (AvgIpc) is 2.58. The number of nitrogens with zero attached hydrogens (tertiary/aromatic N) is 3. The van der Waals surface area contributed by atoms with Gasteiger partial charge in [-0.1, -0.05) is 0 Å². The lowest BCUT2D eigenvalue weighted by Crippen LogP contribution is -2.49. The van der Waals surface area contributed by atoms with E-state index in [4.69, 9.17) is 0 Å². The number of nitrogens with one attached hydrogen (secondary N) is 1. The van der Waals surface area contributed by atoms with Gasteiger partial charge in [0.05, 0.1) is 0 Å². The van der Waals surface area contributed by atoms with Gasteiger partial charge in [0, 0.05) is 57.3 Å². The Morgan fingerprint density at radius 2 is 1.56 bits per heavy atom. The number of likely N-dealkylation sites (tertiary alicyclic amines) is 1. The Hall–Kier alpha value is -1.30. The van der Waals surface area contributed by atoms with E-state index in [-0.39, 0.29) is 17.9 Å². The molecule has 0 atom stereocenters. The van der Waals surface area contributed by atoms with Crippen molar-refractivity contribution in [3.05, 3.63) is 0 Å². The average molecular weight is 355 g/mol. The first-order chi connectivity index (χ1) is 11.8. The third-order valence-corrected chi connectivity index (χ3v) is 5.17. The maximum atomic E-state index is 12.4. The Balaban J connectivity index is 2.37. The van der Waals surface area contributed by atoms with Crippen LogP contribution in [0.2, 0.25) is 0 Å². The molecule has 0 aromatic carbocycles. The summed E-state index contributed by atoms with van der Waals surface area (Å²) in [7, 11) is 0. The summed E-state index contributed by atoms with van der Waals surface area (Å²) in [6.45, 7) is 17.1. The summed E-state index contributed by atoms with van der Waals surface area (Å²) in [5, 5.41) is 3.09. The van der Waals surface area contributed by atoms with Gasteiger partial charge in [-0.05, 0) is 54.4 Å². The number of hydrogen-bond acceptors (Lipinski definition) is 3. The SMILES string of the molecule is CCN(CC)C(=O)N1CCC(C(=O)NCCN(C(C)C)C(C)C)CC1. The van der Waals surface area contributed by atoms with E-state index in [9.17, 15) is 9.59 Å². The number of piperidine rings is 1. The summed E-state index contributed by atoms with van der Waals surface area (Å²) >= 11 is 0. The van der Waals surface area contributed by atoms with Gasteiger partial charge in [-0.2, -0.15) is 0 Å². The molecule has 1 saturated heterocycles. The Labute approximate surface area is 153 Å². The van der Waals surface area contributed by atoms with E-state index < -0.39 is 0 Å². The van der Waals surface area contributed by atoms with Gasteiger partial charge >= 0.3 is 6.03 Å². The predicted octanol–water partition coefficient (Wildman–Crippen LogP) is 2.40. The molecule has 25 heavy (non-hydrogen) atoms. The summed E-state index contributed by atoms with van der Waals surface area (Å²) in [5.41, 5.74) is 0. The normalized spacial score (nSPS) is 16.0. The fourth-order valence-electron chi connectivity index (χ4n) is 3.59. The molecule has 0 unspecified atom stereocenters. The van der Waals surface area contributed by atoms with Crippen molar-refractivity contribution in [3.63, 3.8) is 0 Å². The lowest BCUT2D eigenvalue weighted by Gasteiger charge is -2.35. The maximum absolute atomic E-state index is 12.4. The van der Waals surface area contributed by atoms with Gasteiger partial charge in [0.15, 0.2) is 0 Å². The summed E-state index contributed by atoms with van der Waals surface area (Å²) in [5.74, 6) is 0.176. The fraction of sp³-hybridized carbons (Fsp3) is 0.895. The third kappa shape index (κ3) is 6.49. The van der Waals surface area contributed by atoms with Crippen LogP contribution < -0.4 is 5.32 Å². The first-order valence-corrected chi connectivity index (χ1v) is 9.89. The van der Waals surface area contributed by atoms with E-state index >= 15 is 0 Å². The zero-order chi connectivity index (χ0) is 19.0. The molecular weight excluding hydrogens is 316 g/mol. The Bertz CT molecular complexity index is 406. The van der Waals surface area contributed by atoms with Gasteiger partial charge in [0.25, 0.3) is 0 Å². The number of carbonyl (C=O) groups is 2. The second-order valence-electron chi connectivity index (χ2n) is 7.43. The standard InChI is InChI=1S/C19H38N4O2/c1-7-21(8-2)19(25)22-12-9-17(10-13-22)18(24)20-11-14-23(15(3)4)16(5)6/h15-17H,7-14H2,1-6H3,(H,20,24). The molecule has 1 rings (SSSR count). The molecule has 1 N–H and O–H groups in total. The maximum Gasteiger partial charge on any atom is 0.319 e. The molecule has 146 valence electrons. The summed E-state index contributed by atoms with van der Waals surface area (Å²) in [4.78, 5) is 30.9. The van der Waals surface area contributed by atoms with Crippen LogP contribution in [-0.2, 0) is 4.79 Å². The van der Waals surface area contributed by atoms with E-state index in [1.165, 1.54) is 0 Å². The Morgan fingerprint density at radius 3 is 2.00 bits per heavy atom. The lowest BCUT2D eigenvalue weighted by atomic mass is 9.96. The molecule has 6 heteroatoms. The molecule has 0 aromatic rings. The smallest absolute Gasteiger partial charge is 0.319 e. The van der Waals surface area contributed by atoms with Crippen molar-refractivity contribution in [1.82, 2.24) is 20.0 Å². The van der Waals surface area contributed by atoms with E-state index in [1.807, 2.05) is 23.6 Å². The minimum atomic E-state index is 0.0345. The molecule has 1 fully saturated rings. The van der Waals surface area contributed by atoms with Crippen LogP contribution in [0, 0.1) is 5.92 Å². The summed E-state index contributed by atoms with van der Waals surface area (Å²) < 4.78 is 0. The van der Waals surface area contributed by atoms with Gasteiger partial charge < -0.3 is 15.1 Å². The highest BCUT2D eigenvalue weighted by atomic mass is 16.2. The molecule has 1 heterocycles. The zero-order valence-corrected chi connectivity index (χ0v) is 17.0. The van der Waals surface area contributed by atoms with E-state index in [0.717, 1.165) is 32.5 Å². The van der Waals surface area contributed by atoms with Gasteiger partial charge in [0.2, 0.25) is 5.91 Å². The van der Waals surface area contributed by atoms with E-state index in [2.05, 4.69) is 37.9 Å². The van der Waals surface area contributed by atoms with Gasteiger partial charge in [-0.15, -0.1) is 0 Å². The minimum Gasteiger partial charge on any atom is -0.355 e. The second-order valence-corrected chi connectivity index (χ2v) is 7.43. The topological polar surface area (TPSA) is 55.9 Å². The van der Waals surface area contributed by atoms with Crippen LogP contribution in [0.5, 0.6) is 0 Å². The Morgan fingerprint density at radius 1 is 1.04 bits per heavy atom. The predicted molar refractivity (Wildman–Crippen MR) is 103 cm³/mol. The van der Waals surface area contributed by atoms with Crippen molar-refractivity contribution in [2.75, 3.05) is 39.3 Å². The number of rotatable bonds is 8. The van der Waals surface area contributed by atoms with Crippen molar-refractivity contribution in [2.45, 2.75) is 66.5 Å². The third-order valence-electron chi connectivity index (χ3n) is 5.17. The molecule has 0 aromatic heterocycles. The van der Waals surface area contributed by atoms with Crippen molar-refractivity contribution in [2.24, 2.45) is 5.92 Å². The Kier molecular flexibility index (Phi) is 9.25. The van der Waals surface area contributed by atoms with Gasteiger partial charge in [-0.3, -0.25) is 9.69 Å². The molecule has 0 radical (unpaired) electrons. The largest absolute Gasteiger partial charge is 0.355 e.